The molecule has 3 N–H and O–H groups in total. The lowest BCUT2D eigenvalue weighted by molar-refractivity contribution is -0.114. The minimum atomic E-state index is -1.31. The summed E-state index contributed by atoms with van der Waals surface area (Å²) < 4.78 is 5.35. The molecule has 8 heteroatoms. The van der Waals surface area contributed by atoms with Crippen molar-refractivity contribution in [3.05, 3.63) is 53.1 Å². The van der Waals surface area contributed by atoms with E-state index in [9.17, 15) is 19.8 Å². The number of phenols is 2. The number of carboxylic acids is 1. The number of hydrazone groups is 1. The minimum absolute atomic E-state index is 0.000873. The number of aromatic hydroxyl groups is 2. The molecule has 1 aliphatic rings. The van der Waals surface area contributed by atoms with Gasteiger partial charge in [0, 0.05) is 0 Å². The molecule has 1 amide bonds. The van der Waals surface area contributed by atoms with Crippen LogP contribution in [0, 0.1) is 0 Å². The molecular formula is C20H18N2O6. The summed E-state index contributed by atoms with van der Waals surface area (Å²) in [6.07, 6.45) is 1.61. The molecule has 0 aromatic heterocycles. The highest BCUT2D eigenvalue weighted by Gasteiger charge is 2.29. The third-order valence-corrected chi connectivity index (χ3v) is 4.11. The highest BCUT2D eigenvalue weighted by molar-refractivity contribution is 6.32. The van der Waals surface area contributed by atoms with E-state index in [2.05, 4.69) is 5.10 Å². The van der Waals surface area contributed by atoms with E-state index in [-0.39, 0.29) is 17.0 Å². The van der Waals surface area contributed by atoms with Crippen molar-refractivity contribution in [1.29, 1.82) is 0 Å². The van der Waals surface area contributed by atoms with E-state index in [4.69, 9.17) is 9.84 Å². The Morgan fingerprint density at radius 2 is 1.89 bits per heavy atom. The van der Waals surface area contributed by atoms with Crippen LogP contribution in [-0.2, 0) is 4.79 Å². The fraction of sp³-hybridized carbons (Fsp3) is 0.150. The zero-order valence-corrected chi connectivity index (χ0v) is 15.2. The smallest absolute Gasteiger partial charge is 0.339 e. The quantitative estimate of drug-likeness (QED) is 0.684. The number of nitrogens with zero attached hydrogens (tertiary/aromatic N) is 2. The number of anilines is 1. The molecule has 2 aromatic carbocycles. The Morgan fingerprint density at radius 3 is 2.57 bits per heavy atom. The van der Waals surface area contributed by atoms with Crippen molar-refractivity contribution in [1.82, 2.24) is 0 Å². The Balaban J connectivity index is 1.95. The van der Waals surface area contributed by atoms with Crippen LogP contribution in [0.25, 0.3) is 6.08 Å². The molecule has 8 nitrogen and oxygen atoms in total. The van der Waals surface area contributed by atoms with Gasteiger partial charge in [0.05, 0.1) is 23.6 Å². The molecule has 0 atom stereocenters. The Morgan fingerprint density at radius 1 is 1.18 bits per heavy atom. The van der Waals surface area contributed by atoms with Gasteiger partial charge < -0.3 is 20.1 Å². The van der Waals surface area contributed by atoms with Gasteiger partial charge in [-0.15, -0.1) is 0 Å². The number of phenolic OH excluding ortho intramolecular Hbond substituents is 1. The summed E-state index contributed by atoms with van der Waals surface area (Å²) in [5.74, 6) is -1.84. The van der Waals surface area contributed by atoms with E-state index in [0.717, 1.165) is 5.01 Å². The molecule has 0 saturated heterocycles. The molecule has 0 fully saturated rings. The van der Waals surface area contributed by atoms with E-state index in [1.54, 1.807) is 32.1 Å². The van der Waals surface area contributed by atoms with Crippen LogP contribution in [0.5, 0.6) is 17.2 Å². The molecule has 1 aliphatic heterocycles. The highest BCUT2D eigenvalue weighted by atomic mass is 16.5. The predicted molar refractivity (Wildman–Crippen MR) is 103 cm³/mol. The molecule has 0 saturated carbocycles. The largest absolute Gasteiger partial charge is 0.507 e. The fourth-order valence-electron chi connectivity index (χ4n) is 2.74. The van der Waals surface area contributed by atoms with Gasteiger partial charge in [0.25, 0.3) is 5.91 Å². The number of hydrogen-bond donors (Lipinski definition) is 3. The maximum atomic E-state index is 12.8. The van der Waals surface area contributed by atoms with E-state index in [1.807, 2.05) is 0 Å². The SMILES string of the molecule is CCOc1cc(/C=C2\C(=O)N(c3ccc(O)c(C(=O)O)c3)N=C2C)ccc1O. The predicted octanol–water partition coefficient (Wildman–Crippen LogP) is 3.00. The average Bonchev–Trinajstić information content (AvgIpc) is 2.93. The zero-order chi connectivity index (χ0) is 20.4. The molecule has 2 aromatic rings. The normalized spacial score (nSPS) is 15.1. The van der Waals surface area contributed by atoms with E-state index >= 15 is 0 Å². The number of ether oxygens (including phenoxy) is 1. The number of carbonyl (C=O) groups is 2. The zero-order valence-electron chi connectivity index (χ0n) is 15.2. The molecular weight excluding hydrogens is 364 g/mol. The Bertz CT molecular complexity index is 1030. The maximum absolute atomic E-state index is 12.8. The third-order valence-electron chi connectivity index (χ3n) is 4.11. The lowest BCUT2D eigenvalue weighted by Gasteiger charge is -2.13. The number of aromatic carboxylic acids is 1. The van der Waals surface area contributed by atoms with Gasteiger partial charge in [-0.2, -0.15) is 10.1 Å². The number of amides is 1. The maximum Gasteiger partial charge on any atom is 0.339 e. The van der Waals surface area contributed by atoms with E-state index < -0.39 is 17.6 Å². The van der Waals surface area contributed by atoms with Crippen LogP contribution < -0.4 is 9.75 Å². The van der Waals surface area contributed by atoms with Crippen molar-refractivity contribution in [2.24, 2.45) is 5.10 Å². The van der Waals surface area contributed by atoms with Crippen molar-refractivity contribution in [3.63, 3.8) is 0 Å². The number of hydrogen-bond acceptors (Lipinski definition) is 6. The van der Waals surface area contributed by atoms with Gasteiger partial charge in [-0.25, -0.2) is 4.79 Å². The Hall–Kier alpha value is -3.81. The first-order valence-electron chi connectivity index (χ1n) is 8.45. The monoisotopic (exact) mass is 382 g/mol. The van der Waals surface area contributed by atoms with Crippen molar-refractivity contribution >= 4 is 29.4 Å². The highest BCUT2D eigenvalue weighted by Crippen LogP contribution is 2.31. The summed E-state index contributed by atoms with van der Waals surface area (Å²) >= 11 is 0. The first-order valence-corrected chi connectivity index (χ1v) is 8.45. The molecule has 3 rings (SSSR count). The molecule has 144 valence electrons. The van der Waals surface area contributed by atoms with E-state index in [0.29, 0.717) is 29.2 Å². The number of carbonyl (C=O) groups excluding carboxylic acids is 1. The number of benzene rings is 2. The van der Waals surface area contributed by atoms with E-state index in [1.165, 1.54) is 24.3 Å². The summed E-state index contributed by atoms with van der Waals surface area (Å²) in [7, 11) is 0. The molecule has 1 heterocycles. The van der Waals surface area contributed by atoms with Crippen molar-refractivity contribution < 1.29 is 29.6 Å². The van der Waals surface area contributed by atoms with Crippen molar-refractivity contribution in [3.8, 4) is 17.2 Å². The van der Waals surface area contributed by atoms with Gasteiger partial charge in [-0.3, -0.25) is 4.79 Å². The lowest BCUT2D eigenvalue weighted by atomic mass is 10.1. The van der Waals surface area contributed by atoms with Gasteiger partial charge >= 0.3 is 5.97 Å². The van der Waals surface area contributed by atoms with Crippen LogP contribution in [0.3, 0.4) is 0 Å². The van der Waals surface area contributed by atoms with Crippen LogP contribution in [0.15, 0.2) is 47.1 Å². The van der Waals surface area contributed by atoms with Gasteiger partial charge in [0.1, 0.15) is 11.3 Å². The molecule has 0 unspecified atom stereocenters. The summed E-state index contributed by atoms with van der Waals surface area (Å²) in [5.41, 5.74) is 1.30. The number of carboxylic acid groups (broad SMARTS) is 1. The van der Waals surface area contributed by atoms with Crippen LogP contribution in [0.4, 0.5) is 5.69 Å². The third kappa shape index (κ3) is 3.52. The average molecular weight is 382 g/mol. The van der Waals surface area contributed by atoms with Crippen LogP contribution in [-0.4, -0.2) is 39.5 Å². The van der Waals surface area contributed by atoms with Crippen molar-refractivity contribution in [2.75, 3.05) is 11.6 Å². The van der Waals surface area contributed by atoms with Crippen LogP contribution >= 0.6 is 0 Å². The first-order chi connectivity index (χ1) is 13.3. The second-order valence-corrected chi connectivity index (χ2v) is 6.03. The summed E-state index contributed by atoms with van der Waals surface area (Å²) in [5, 5.41) is 33.9. The standard InChI is InChI=1S/C20H18N2O6/c1-3-28-18-9-12(4-6-17(18)24)8-14-11(2)21-22(19(14)25)13-5-7-16(23)15(10-13)20(26)27/h4-10,23-24H,3H2,1-2H3,(H,26,27)/b14-8-. The first kappa shape index (κ1) is 19.0. The molecule has 0 spiro atoms. The fourth-order valence-corrected chi connectivity index (χ4v) is 2.74. The second-order valence-electron chi connectivity index (χ2n) is 6.03. The van der Waals surface area contributed by atoms with Crippen molar-refractivity contribution in [2.45, 2.75) is 13.8 Å². The van der Waals surface area contributed by atoms with Gasteiger partial charge in [-0.05, 0) is 55.8 Å². The van der Waals surface area contributed by atoms with Gasteiger partial charge in [-0.1, -0.05) is 6.07 Å². The summed E-state index contributed by atoms with van der Waals surface area (Å²) in [4.78, 5) is 24.0. The van der Waals surface area contributed by atoms with Gasteiger partial charge in [0.15, 0.2) is 11.5 Å². The molecule has 0 bridgehead atoms. The number of rotatable bonds is 5. The van der Waals surface area contributed by atoms with Crippen LogP contribution in [0.1, 0.15) is 29.8 Å². The summed E-state index contributed by atoms with van der Waals surface area (Å²) in [6.45, 7) is 3.84. The topological polar surface area (TPSA) is 120 Å². The molecule has 0 aliphatic carbocycles. The molecule has 0 radical (unpaired) electrons. The Labute approximate surface area is 160 Å². The Kier molecular flexibility index (Phi) is 5.04. The summed E-state index contributed by atoms with van der Waals surface area (Å²) in [6, 6.07) is 8.51. The molecule has 28 heavy (non-hydrogen) atoms. The second kappa shape index (κ2) is 7.43. The van der Waals surface area contributed by atoms with Gasteiger partial charge in [0.2, 0.25) is 0 Å². The minimum Gasteiger partial charge on any atom is -0.507 e. The van der Waals surface area contributed by atoms with Crippen LogP contribution in [0.2, 0.25) is 0 Å². The lowest BCUT2D eigenvalue weighted by Crippen LogP contribution is -2.21.